The zero-order valence-electron chi connectivity index (χ0n) is 8.96. The summed E-state index contributed by atoms with van der Waals surface area (Å²) in [5.74, 6) is -0.111. The molecule has 2 N–H and O–H groups in total. The summed E-state index contributed by atoms with van der Waals surface area (Å²) in [5.41, 5.74) is -1.81. The Labute approximate surface area is 95.9 Å². The smallest absolute Gasteiger partial charge is 0.388 e. The third kappa shape index (κ3) is 2.85. The number of nitrogens with zero attached hydrogens (tertiary/aromatic N) is 2. The van der Waals surface area contributed by atoms with Crippen molar-refractivity contribution in [2.75, 3.05) is 11.9 Å². The van der Waals surface area contributed by atoms with Crippen LogP contribution in [0.4, 0.5) is 19.1 Å². The van der Waals surface area contributed by atoms with Crippen LogP contribution in [0.15, 0.2) is 12.3 Å². The van der Waals surface area contributed by atoms with Gasteiger partial charge in [-0.2, -0.15) is 13.2 Å². The molecule has 1 fully saturated rings. The molecule has 0 unspecified atom stereocenters. The average Bonchev–Trinajstić information content (AvgIpc) is 2.23. The minimum Gasteiger partial charge on any atom is -0.388 e. The van der Waals surface area contributed by atoms with Crippen molar-refractivity contribution in [3.63, 3.8) is 0 Å². The molecule has 7 heteroatoms. The quantitative estimate of drug-likeness (QED) is 0.855. The van der Waals surface area contributed by atoms with Crippen molar-refractivity contribution >= 4 is 5.95 Å². The summed E-state index contributed by atoms with van der Waals surface area (Å²) in [6.07, 6.45) is -1.20. The summed E-state index contributed by atoms with van der Waals surface area (Å²) < 4.78 is 37.1. The Morgan fingerprint density at radius 1 is 1.41 bits per heavy atom. The van der Waals surface area contributed by atoms with Crippen LogP contribution in [0.1, 0.15) is 25.0 Å². The van der Waals surface area contributed by atoms with Crippen LogP contribution in [0.25, 0.3) is 0 Å². The second-order valence-electron chi connectivity index (χ2n) is 4.19. The lowest BCUT2D eigenvalue weighted by Gasteiger charge is -2.36. The van der Waals surface area contributed by atoms with Gasteiger partial charge in [-0.1, -0.05) is 0 Å². The molecule has 1 aliphatic rings. The van der Waals surface area contributed by atoms with E-state index < -0.39 is 17.5 Å². The molecular formula is C10H12F3N3O. The van der Waals surface area contributed by atoms with Gasteiger partial charge in [-0.3, -0.25) is 0 Å². The molecule has 2 rings (SSSR count). The van der Waals surface area contributed by atoms with Crippen LogP contribution in [0.5, 0.6) is 0 Å². The molecule has 0 saturated heterocycles. The molecule has 1 aromatic rings. The van der Waals surface area contributed by atoms with Crippen LogP contribution < -0.4 is 5.32 Å². The Morgan fingerprint density at radius 2 is 2.12 bits per heavy atom. The summed E-state index contributed by atoms with van der Waals surface area (Å²) in [7, 11) is 0. The van der Waals surface area contributed by atoms with Crippen LogP contribution in [-0.2, 0) is 6.18 Å². The molecule has 0 spiro atoms. The monoisotopic (exact) mass is 247 g/mol. The minimum atomic E-state index is -4.48. The lowest BCUT2D eigenvalue weighted by Crippen LogP contribution is -2.43. The fourth-order valence-electron chi connectivity index (χ4n) is 1.61. The summed E-state index contributed by atoms with van der Waals surface area (Å²) in [5, 5.41) is 12.4. The summed E-state index contributed by atoms with van der Waals surface area (Å²) >= 11 is 0. The number of rotatable bonds is 3. The second kappa shape index (κ2) is 4.14. The van der Waals surface area contributed by atoms with Gasteiger partial charge in [0, 0.05) is 12.7 Å². The maximum absolute atomic E-state index is 12.4. The number of aromatic nitrogens is 2. The van der Waals surface area contributed by atoms with Gasteiger partial charge in [-0.05, 0) is 25.3 Å². The van der Waals surface area contributed by atoms with Crippen molar-refractivity contribution in [2.45, 2.75) is 31.0 Å². The first kappa shape index (κ1) is 12.1. The number of hydrogen-bond acceptors (Lipinski definition) is 4. The van der Waals surface area contributed by atoms with E-state index in [2.05, 4.69) is 15.3 Å². The van der Waals surface area contributed by atoms with Gasteiger partial charge < -0.3 is 10.4 Å². The molecule has 0 amide bonds. The Hall–Kier alpha value is -1.37. The highest BCUT2D eigenvalue weighted by molar-refractivity contribution is 5.27. The molecule has 0 aliphatic heterocycles. The summed E-state index contributed by atoms with van der Waals surface area (Å²) in [6, 6.07) is 0.809. The first-order valence-electron chi connectivity index (χ1n) is 5.26. The van der Waals surface area contributed by atoms with Crippen molar-refractivity contribution in [3.05, 3.63) is 18.0 Å². The van der Waals surface area contributed by atoms with E-state index in [4.69, 9.17) is 0 Å². The van der Waals surface area contributed by atoms with Crippen molar-refractivity contribution in [1.82, 2.24) is 9.97 Å². The van der Waals surface area contributed by atoms with Crippen molar-refractivity contribution in [1.29, 1.82) is 0 Å². The van der Waals surface area contributed by atoms with E-state index in [0.717, 1.165) is 18.7 Å². The zero-order chi connectivity index (χ0) is 12.5. The standard InChI is InChI=1S/C10H12F3N3O/c11-10(12,13)7-2-5-14-8(16-7)15-6-9(17)3-1-4-9/h2,5,17H,1,3-4,6H2,(H,14,15,16). The van der Waals surface area contributed by atoms with Gasteiger partial charge in [0.15, 0.2) is 0 Å². The van der Waals surface area contributed by atoms with Crippen molar-refractivity contribution < 1.29 is 18.3 Å². The molecule has 1 aromatic heterocycles. The van der Waals surface area contributed by atoms with E-state index in [1.807, 2.05) is 0 Å². The van der Waals surface area contributed by atoms with Crippen molar-refractivity contribution in [2.24, 2.45) is 0 Å². The summed E-state index contributed by atoms with van der Waals surface area (Å²) in [6.45, 7) is 0.175. The topological polar surface area (TPSA) is 58.0 Å². The molecule has 0 atom stereocenters. The highest BCUT2D eigenvalue weighted by Crippen LogP contribution is 2.31. The molecule has 1 saturated carbocycles. The first-order chi connectivity index (χ1) is 7.89. The maximum Gasteiger partial charge on any atom is 0.433 e. The minimum absolute atomic E-state index is 0.111. The molecule has 94 valence electrons. The molecular weight excluding hydrogens is 235 g/mol. The van der Waals surface area contributed by atoms with Crippen LogP contribution in [0.3, 0.4) is 0 Å². The van der Waals surface area contributed by atoms with E-state index in [0.29, 0.717) is 12.8 Å². The number of halogens is 3. The number of alkyl halides is 3. The van der Waals surface area contributed by atoms with E-state index >= 15 is 0 Å². The first-order valence-corrected chi connectivity index (χ1v) is 5.26. The lowest BCUT2D eigenvalue weighted by atomic mass is 9.80. The maximum atomic E-state index is 12.4. The predicted molar refractivity (Wildman–Crippen MR) is 54.3 cm³/mol. The third-order valence-corrected chi connectivity index (χ3v) is 2.81. The van der Waals surface area contributed by atoms with Gasteiger partial charge in [0.25, 0.3) is 0 Å². The highest BCUT2D eigenvalue weighted by atomic mass is 19.4. The normalized spacial score (nSPS) is 18.6. The van der Waals surface area contributed by atoms with Crippen LogP contribution >= 0.6 is 0 Å². The Kier molecular flexibility index (Phi) is 2.94. The number of nitrogens with one attached hydrogen (secondary N) is 1. The van der Waals surface area contributed by atoms with E-state index in [1.165, 1.54) is 0 Å². The number of aliphatic hydroxyl groups is 1. The SMILES string of the molecule is OC1(CNc2nccc(C(F)(F)F)n2)CCC1. The van der Waals surface area contributed by atoms with Gasteiger partial charge >= 0.3 is 6.18 Å². The average molecular weight is 247 g/mol. The van der Waals surface area contributed by atoms with Gasteiger partial charge in [-0.25, -0.2) is 9.97 Å². The Balaban J connectivity index is 2.01. The van der Waals surface area contributed by atoms with E-state index in [9.17, 15) is 18.3 Å². The van der Waals surface area contributed by atoms with Gasteiger partial charge in [-0.15, -0.1) is 0 Å². The Bertz CT molecular complexity index is 404. The van der Waals surface area contributed by atoms with Gasteiger partial charge in [0.05, 0.1) is 5.60 Å². The molecule has 1 heterocycles. The van der Waals surface area contributed by atoms with Crippen LogP contribution in [0.2, 0.25) is 0 Å². The number of anilines is 1. The summed E-state index contributed by atoms with van der Waals surface area (Å²) in [4.78, 5) is 7.03. The van der Waals surface area contributed by atoms with Gasteiger partial charge in [0.2, 0.25) is 5.95 Å². The molecule has 17 heavy (non-hydrogen) atoms. The van der Waals surface area contributed by atoms with E-state index in [1.54, 1.807) is 0 Å². The van der Waals surface area contributed by atoms with Crippen molar-refractivity contribution in [3.8, 4) is 0 Å². The van der Waals surface area contributed by atoms with Crippen LogP contribution in [-0.4, -0.2) is 27.2 Å². The second-order valence-corrected chi connectivity index (χ2v) is 4.19. The lowest BCUT2D eigenvalue weighted by molar-refractivity contribution is -0.141. The molecule has 0 bridgehead atoms. The largest absolute Gasteiger partial charge is 0.433 e. The molecule has 4 nitrogen and oxygen atoms in total. The third-order valence-electron chi connectivity index (χ3n) is 2.81. The molecule has 0 radical (unpaired) electrons. The van der Waals surface area contributed by atoms with E-state index in [-0.39, 0.29) is 12.5 Å². The fraction of sp³-hybridized carbons (Fsp3) is 0.600. The van der Waals surface area contributed by atoms with Gasteiger partial charge in [0.1, 0.15) is 5.69 Å². The Morgan fingerprint density at radius 3 is 2.65 bits per heavy atom. The fourth-order valence-corrected chi connectivity index (χ4v) is 1.61. The zero-order valence-corrected chi connectivity index (χ0v) is 8.96. The predicted octanol–water partition coefficient (Wildman–Crippen LogP) is 1.82. The number of hydrogen-bond donors (Lipinski definition) is 2. The highest BCUT2D eigenvalue weighted by Gasteiger charge is 2.35. The van der Waals surface area contributed by atoms with Crippen LogP contribution in [0, 0.1) is 0 Å². The molecule has 1 aliphatic carbocycles. The molecule has 0 aromatic carbocycles.